The second-order valence-corrected chi connectivity index (χ2v) is 10.6. The third-order valence-electron chi connectivity index (χ3n) is 3.86. The van der Waals surface area contributed by atoms with Gasteiger partial charge in [-0.25, -0.2) is 12.7 Å². The molecule has 0 aliphatic heterocycles. The molecule has 3 rings (SSSR count). The number of hydrogen-bond acceptors (Lipinski definition) is 9. The second-order valence-electron chi connectivity index (χ2n) is 6.28. The fourth-order valence-electron chi connectivity index (χ4n) is 2.20. The average molecular weight is 444 g/mol. The van der Waals surface area contributed by atoms with Gasteiger partial charge in [-0.2, -0.15) is 0 Å². The number of nitrogens with zero attached hydrogens (tertiary/aromatic N) is 3. The lowest BCUT2D eigenvalue weighted by Gasteiger charge is -2.15. The molecule has 0 atom stereocenters. The predicted octanol–water partition coefficient (Wildman–Crippen LogP) is 2.10. The molecule has 9 nitrogen and oxygen atoms in total. The van der Waals surface area contributed by atoms with E-state index in [1.807, 2.05) is 0 Å². The van der Waals surface area contributed by atoms with Crippen LogP contribution < -0.4 is 15.4 Å². The van der Waals surface area contributed by atoms with Crippen molar-refractivity contribution in [3.63, 3.8) is 0 Å². The number of rotatable bonds is 9. The number of thioether (sulfide) groups is 1. The Labute approximate surface area is 171 Å². The van der Waals surface area contributed by atoms with Crippen LogP contribution in [0.3, 0.4) is 0 Å². The van der Waals surface area contributed by atoms with Gasteiger partial charge in [0.15, 0.2) is 4.34 Å². The summed E-state index contributed by atoms with van der Waals surface area (Å²) in [6.07, 6.45) is 2.30. The maximum atomic E-state index is 12.3. The van der Waals surface area contributed by atoms with Crippen molar-refractivity contribution in [3.8, 4) is 5.75 Å². The van der Waals surface area contributed by atoms with E-state index in [1.54, 1.807) is 0 Å². The van der Waals surface area contributed by atoms with Gasteiger partial charge < -0.3 is 15.4 Å². The third kappa shape index (κ3) is 5.13. The number of aromatic nitrogens is 2. The molecule has 0 saturated heterocycles. The first-order valence-electron chi connectivity index (χ1n) is 8.43. The number of ether oxygens (including phenoxy) is 1. The second kappa shape index (κ2) is 8.64. The Morgan fingerprint density at radius 3 is 2.75 bits per heavy atom. The number of carbonyl (C=O) groups excluding carboxylic acids is 1. The number of anilines is 2. The molecule has 1 fully saturated rings. The minimum Gasteiger partial charge on any atom is -0.495 e. The van der Waals surface area contributed by atoms with Gasteiger partial charge in [-0.1, -0.05) is 23.1 Å². The van der Waals surface area contributed by atoms with Gasteiger partial charge in [0.25, 0.3) is 0 Å². The topological polar surface area (TPSA) is 114 Å². The van der Waals surface area contributed by atoms with Gasteiger partial charge in [0.1, 0.15) is 5.75 Å². The SMILES string of the molecule is COc1ccc(S(=O)(=O)N(C)C)cc1NC(=O)CSc1nnc(NC2CC2)s1. The summed E-state index contributed by atoms with van der Waals surface area (Å²) in [5.74, 6) is 0.198. The number of nitrogens with one attached hydrogen (secondary N) is 2. The van der Waals surface area contributed by atoms with E-state index in [0.29, 0.717) is 21.8 Å². The maximum Gasteiger partial charge on any atom is 0.242 e. The van der Waals surface area contributed by atoms with E-state index in [9.17, 15) is 13.2 Å². The standard InChI is InChI=1S/C16H21N5O4S3/c1-21(2)28(23,24)11-6-7-13(25-3)12(8-11)18-14(22)9-26-16-20-19-15(27-16)17-10-4-5-10/h6-8,10H,4-5,9H2,1-3H3,(H,17,19)(H,18,22). The van der Waals surface area contributed by atoms with Gasteiger partial charge in [-0.15, -0.1) is 10.2 Å². The highest BCUT2D eigenvalue weighted by Gasteiger charge is 2.23. The first kappa shape index (κ1) is 20.8. The number of carbonyl (C=O) groups is 1. The highest BCUT2D eigenvalue weighted by molar-refractivity contribution is 8.01. The van der Waals surface area contributed by atoms with Crippen molar-refractivity contribution < 1.29 is 17.9 Å². The Morgan fingerprint density at radius 1 is 1.36 bits per heavy atom. The Hall–Kier alpha value is -1.89. The Morgan fingerprint density at radius 2 is 2.11 bits per heavy atom. The smallest absolute Gasteiger partial charge is 0.242 e. The summed E-state index contributed by atoms with van der Waals surface area (Å²) < 4.78 is 31.6. The van der Waals surface area contributed by atoms with E-state index in [1.165, 1.54) is 62.5 Å². The fraction of sp³-hybridized carbons (Fsp3) is 0.438. The van der Waals surface area contributed by atoms with Crippen molar-refractivity contribution >= 4 is 49.8 Å². The summed E-state index contributed by atoms with van der Waals surface area (Å²) in [7, 11) is 0.729. The third-order valence-corrected chi connectivity index (χ3v) is 7.66. The van der Waals surface area contributed by atoms with Crippen LogP contribution in [0.5, 0.6) is 5.75 Å². The number of hydrogen-bond donors (Lipinski definition) is 2. The zero-order chi connectivity index (χ0) is 20.3. The molecule has 1 saturated carbocycles. The van der Waals surface area contributed by atoms with Crippen molar-refractivity contribution in [2.75, 3.05) is 37.6 Å². The summed E-state index contributed by atoms with van der Waals surface area (Å²) in [5, 5.41) is 14.8. The molecule has 0 unspecified atom stereocenters. The van der Waals surface area contributed by atoms with Crippen molar-refractivity contribution in [2.24, 2.45) is 0 Å². The molecule has 1 aliphatic rings. The maximum absolute atomic E-state index is 12.3. The molecular formula is C16H21N5O4S3. The van der Waals surface area contributed by atoms with Crippen molar-refractivity contribution in [3.05, 3.63) is 18.2 Å². The molecule has 0 spiro atoms. The molecule has 0 radical (unpaired) electrons. The van der Waals surface area contributed by atoms with Crippen LogP contribution in [0.15, 0.2) is 27.4 Å². The Balaban J connectivity index is 1.64. The van der Waals surface area contributed by atoms with Gasteiger partial charge in [0, 0.05) is 20.1 Å². The molecule has 1 aliphatic carbocycles. The minimum atomic E-state index is -3.62. The molecule has 1 aromatic carbocycles. The zero-order valence-electron chi connectivity index (χ0n) is 15.6. The molecule has 1 aromatic heterocycles. The normalized spacial score (nSPS) is 14.1. The van der Waals surface area contributed by atoms with Crippen molar-refractivity contribution in [1.82, 2.24) is 14.5 Å². The lowest BCUT2D eigenvalue weighted by molar-refractivity contribution is -0.113. The van der Waals surface area contributed by atoms with Crippen molar-refractivity contribution in [2.45, 2.75) is 28.1 Å². The van der Waals surface area contributed by atoms with Crippen LogP contribution in [0.4, 0.5) is 10.8 Å². The van der Waals surface area contributed by atoms with Gasteiger partial charge in [0.2, 0.25) is 21.1 Å². The fourth-order valence-corrected chi connectivity index (χ4v) is 4.76. The lowest BCUT2D eigenvalue weighted by Crippen LogP contribution is -2.22. The van der Waals surface area contributed by atoms with Crippen LogP contribution in [0.25, 0.3) is 0 Å². The van der Waals surface area contributed by atoms with Crippen LogP contribution in [0, 0.1) is 0 Å². The minimum absolute atomic E-state index is 0.0705. The van der Waals surface area contributed by atoms with Crippen LogP contribution in [0.2, 0.25) is 0 Å². The van der Waals surface area contributed by atoms with Crippen LogP contribution in [0.1, 0.15) is 12.8 Å². The highest BCUT2D eigenvalue weighted by Crippen LogP contribution is 2.31. The highest BCUT2D eigenvalue weighted by atomic mass is 32.2. The van der Waals surface area contributed by atoms with Crippen molar-refractivity contribution in [1.29, 1.82) is 0 Å². The van der Waals surface area contributed by atoms with E-state index in [0.717, 1.165) is 22.3 Å². The first-order chi connectivity index (χ1) is 13.3. The number of methoxy groups -OCH3 is 1. The molecular weight excluding hydrogens is 422 g/mol. The first-order valence-corrected chi connectivity index (χ1v) is 11.7. The molecule has 152 valence electrons. The summed E-state index contributed by atoms with van der Waals surface area (Å²) in [5.41, 5.74) is 0.296. The van der Waals surface area contributed by atoms with Gasteiger partial charge >= 0.3 is 0 Å². The quantitative estimate of drug-likeness (QED) is 0.567. The molecule has 0 bridgehead atoms. The molecule has 2 aromatic rings. The molecule has 2 N–H and O–H groups in total. The summed E-state index contributed by atoms with van der Waals surface area (Å²) >= 11 is 2.68. The molecule has 1 amide bonds. The lowest BCUT2D eigenvalue weighted by atomic mass is 10.3. The van der Waals surface area contributed by atoms with Crippen LogP contribution in [-0.2, 0) is 14.8 Å². The molecule has 12 heteroatoms. The Bertz CT molecular complexity index is 957. The van der Waals surface area contributed by atoms with E-state index in [-0.39, 0.29) is 16.6 Å². The van der Waals surface area contributed by atoms with E-state index in [4.69, 9.17) is 4.74 Å². The number of benzene rings is 1. The van der Waals surface area contributed by atoms with Gasteiger partial charge in [-0.3, -0.25) is 4.79 Å². The van der Waals surface area contributed by atoms with Crippen LogP contribution in [-0.4, -0.2) is 61.8 Å². The summed E-state index contributed by atoms with van der Waals surface area (Å²) in [6.45, 7) is 0. The number of amides is 1. The monoisotopic (exact) mass is 443 g/mol. The summed E-state index contributed by atoms with van der Waals surface area (Å²) in [6, 6.07) is 4.83. The molecule has 28 heavy (non-hydrogen) atoms. The van der Waals surface area contributed by atoms with Gasteiger partial charge in [-0.05, 0) is 31.0 Å². The zero-order valence-corrected chi connectivity index (χ0v) is 18.1. The van der Waals surface area contributed by atoms with E-state index >= 15 is 0 Å². The number of sulfonamides is 1. The van der Waals surface area contributed by atoms with E-state index in [2.05, 4.69) is 20.8 Å². The van der Waals surface area contributed by atoms with Crippen LogP contribution >= 0.6 is 23.1 Å². The van der Waals surface area contributed by atoms with Gasteiger partial charge in [0.05, 0.1) is 23.4 Å². The summed E-state index contributed by atoms with van der Waals surface area (Å²) in [4.78, 5) is 12.4. The Kier molecular flexibility index (Phi) is 6.43. The van der Waals surface area contributed by atoms with E-state index < -0.39 is 10.0 Å². The predicted molar refractivity (Wildman–Crippen MR) is 110 cm³/mol. The molecule has 1 heterocycles. The average Bonchev–Trinajstić information content (AvgIpc) is 3.36. The largest absolute Gasteiger partial charge is 0.495 e.